The monoisotopic (exact) mass is 489 g/mol. The van der Waals surface area contributed by atoms with Crippen LogP contribution in [0.5, 0.6) is 0 Å². The molecular weight excluding hydrogens is 458 g/mol. The summed E-state index contributed by atoms with van der Waals surface area (Å²) in [6, 6.07) is 12.9. The Morgan fingerprint density at radius 1 is 1.14 bits per heavy atom. The van der Waals surface area contributed by atoms with Crippen LogP contribution in [-0.2, 0) is 9.53 Å². The summed E-state index contributed by atoms with van der Waals surface area (Å²) in [4.78, 5) is 46.7. The summed E-state index contributed by atoms with van der Waals surface area (Å²) in [6.07, 6.45) is 4.16. The zero-order valence-corrected chi connectivity index (χ0v) is 20.4. The average Bonchev–Trinajstić information content (AvgIpc) is 3.55. The van der Waals surface area contributed by atoms with Crippen LogP contribution in [0, 0.1) is 6.92 Å². The second kappa shape index (κ2) is 10.1. The Bertz CT molecular complexity index is 1260. The maximum atomic E-state index is 12.9. The molecule has 0 radical (unpaired) electrons. The first-order valence-electron chi connectivity index (χ1n) is 12.4. The molecule has 9 nitrogen and oxygen atoms in total. The number of aromatic nitrogens is 2. The number of aromatic amines is 1. The first kappa shape index (κ1) is 24.0. The van der Waals surface area contributed by atoms with E-state index in [-0.39, 0.29) is 35.8 Å². The number of hydrogen-bond acceptors (Lipinski definition) is 5. The number of amides is 3. The van der Waals surface area contributed by atoms with Crippen LogP contribution in [-0.4, -0.2) is 70.5 Å². The molecule has 3 amide bonds. The van der Waals surface area contributed by atoms with Crippen molar-refractivity contribution in [2.24, 2.45) is 0 Å². The van der Waals surface area contributed by atoms with Gasteiger partial charge in [-0.25, -0.2) is 0 Å². The van der Waals surface area contributed by atoms with Gasteiger partial charge >= 0.3 is 0 Å². The van der Waals surface area contributed by atoms with E-state index in [0.717, 1.165) is 35.9 Å². The lowest BCUT2D eigenvalue weighted by Gasteiger charge is -2.38. The molecule has 2 aliphatic rings. The Kier molecular flexibility index (Phi) is 6.73. The largest absolute Gasteiger partial charge is 0.373 e. The van der Waals surface area contributed by atoms with E-state index in [0.29, 0.717) is 37.5 Å². The number of likely N-dealkylation sites (tertiary alicyclic amines) is 1. The number of carbonyl (C=O) groups is 3. The Labute approximate surface area is 209 Å². The third-order valence-corrected chi connectivity index (χ3v) is 7.13. The first-order valence-corrected chi connectivity index (χ1v) is 12.4. The molecule has 0 bridgehead atoms. The Balaban J connectivity index is 1.08. The van der Waals surface area contributed by atoms with Crippen molar-refractivity contribution in [3.8, 4) is 0 Å². The summed E-state index contributed by atoms with van der Waals surface area (Å²) >= 11 is 0. The number of rotatable bonds is 6. The zero-order valence-electron chi connectivity index (χ0n) is 20.4. The van der Waals surface area contributed by atoms with Crippen molar-refractivity contribution in [1.82, 2.24) is 25.5 Å². The minimum absolute atomic E-state index is 0.0282. The smallest absolute Gasteiger partial charge is 0.267 e. The maximum Gasteiger partial charge on any atom is 0.267 e. The SMILES string of the molecule is Cc1ccc2cc(C(=O)N[C@H]3COC4(CCN(C(=O)CCNC(=O)c5ccc[nH]5)CC4)C3)ccc2n1. The number of carbonyl (C=O) groups excluding carboxylic acids is 3. The Morgan fingerprint density at radius 3 is 2.75 bits per heavy atom. The molecule has 2 aromatic heterocycles. The standard InChI is InChI=1S/C27H31N5O4/c1-18-4-5-19-15-20(6-7-22(19)30-18)25(34)31-21-16-27(36-17-21)9-13-32(14-10-27)24(33)8-12-29-26(35)23-3-2-11-28-23/h2-7,11,15,21,28H,8-10,12-14,16-17H2,1H3,(H,29,35)(H,31,34)/t21-/m1/s1. The van der Waals surface area contributed by atoms with Crippen LogP contribution in [0.15, 0.2) is 48.7 Å². The number of benzene rings is 1. The van der Waals surface area contributed by atoms with Crippen LogP contribution in [0.25, 0.3) is 10.9 Å². The molecule has 3 N–H and O–H groups in total. The van der Waals surface area contributed by atoms with Gasteiger partial charge in [0.15, 0.2) is 0 Å². The van der Waals surface area contributed by atoms with Crippen molar-refractivity contribution in [3.05, 3.63) is 65.6 Å². The summed E-state index contributed by atoms with van der Waals surface area (Å²) in [5.41, 5.74) is 2.61. The Morgan fingerprint density at radius 2 is 1.97 bits per heavy atom. The quantitative estimate of drug-likeness (QED) is 0.492. The third-order valence-electron chi connectivity index (χ3n) is 7.13. The lowest BCUT2D eigenvalue weighted by Crippen LogP contribution is -2.47. The Hall–Kier alpha value is -3.72. The predicted octanol–water partition coefficient (Wildman–Crippen LogP) is 2.57. The van der Waals surface area contributed by atoms with Crippen LogP contribution in [0.3, 0.4) is 0 Å². The molecule has 2 aliphatic heterocycles. The van der Waals surface area contributed by atoms with E-state index in [1.165, 1.54) is 0 Å². The fourth-order valence-corrected chi connectivity index (χ4v) is 5.09. The number of aryl methyl sites for hydroxylation is 1. The molecule has 5 rings (SSSR count). The molecule has 0 aliphatic carbocycles. The number of pyridine rings is 1. The molecule has 188 valence electrons. The molecule has 36 heavy (non-hydrogen) atoms. The fraction of sp³-hybridized carbons (Fsp3) is 0.407. The second-order valence-corrected chi connectivity index (χ2v) is 9.70. The summed E-state index contributed by atoms with van der Waals surface area (Å²) < 4.78 is 6.17. The van der Waals surface area contributed by atoms with Crippen LogP contribution in [0.2, 0.25) is 0 Å². The van der Waals surface area contributed by atoms with E-state index >= 15 is 0 Å². The molecule has 0 unspecified atom stereocenters. The summed E-state index contributed by atoms with van der Waals surface area (Å²) in [6.45, 7) is 3.94. The number of nitrogens with one attached hydrogen (secondary N) is 3. The minimum Gasteiger partial charge on any atom is -0.373 e. The molecule has 2 fully saturated rings. The number of fused-ring (bicyclic) bond motifs is 1. The van der Waals surface area contributed by atoms with Gasteiger partial charge in [0.05, 0.1) is 23.8 Å². The van der Waals surface area contributed by atoms with Crippen LogP contribution in [0.4, 0.5) is 0 Å². The van der Waals surface area contributed by atoms with Gasteiger partial charge in [0.1, 0.15) is 5.69 Å². The topological polar surface area (TPSA) is 116 Å². The molecule has 2 saturated heterocycles. The van der Waals surface area contributed by atoms with Gasteiger partial charge in [-0.05, 0) is 62.6 Å². The van der Waals surface area contributed by atoms with Crippen molar-refractivity contribution >= 4 is 28.6 Å². The number of nitrogens with zero attached hydrogens (tertiary/aromatic N) is 2. The van der Waals surface area contributed by atoms with Gasteiger partial charge in [-0.3, -0.25) is 19.4 Å². The molecule has 9 heteroatoms. The maximum absolute atomic E-state index is 12.9. The van der Waals surface area contributed by atoms with Gasteiger partial charge in [-0.15, -0.1) is 0 Å². The van der Waals surface area contributed by atoms with Gasteiger partial charge < -0.3 is 25.3 Å². The number of hydrogen-bond donors (Lipinski definition) is 3. The zero-order chi connectivity index (χ0) is 25.1. The normalized spacial score (nSPS) is 18.9. The highest BCUT2D eigenvalue weighted by Gasteiger charge is 2.43. The lowest BCUT2D eigenvalue weighted by molar-refractivity contribution is -0.135. The van der Waals surface area contributed by atoms with E-state index in [4.69, 9.17) is 4.74 Å². The summed E-state index contributed by atoms with van der Waals surface area (Å²) in [5.74, 6) is -0.300. The van der Waals surface area contributed by atoms with Gasteiger partial charge in [0.2, 0.25) is 5.91 Å². The van der Waals surface area contributed by atoms with E-state index in [2.05, 4.69) is 20.6 Å². The minimum atomic E-state index is -0.304. The van der Waals surface area contributed by atoms with Crippen molar-refractivity contribution in [2.75, 3.05) is 26.2 Å². The highest BCUT2D eigenvalue weighted by atomic mass is 16.5. The fourth-order valence-electron chi connectivity index (χ4n) is 5.09. The van der Waals surface area contributed by atoms with Gasteiger partial charge in [-0.1, -0.05) is 6.07 Å². The molecule has 4 heterocycles. The number of ether oxygens (including phenoxy) is 1. The molecule has 1 spiro atoms. The van der Waals surface area contributed by atoms with Crippen LogP contribution >= 0.6 is 0 Å². The summed E-state index contributed by atoms with van der Waals surface area (Å²) in [7, 11) is 0. The highest BCUT2D eigenvalue weighted by Crippen LogP contribution is 2.36. The van der Waals surface area contributed by atoms with Crippen molar-refractivity contribution in [2.45, 2.75) is 44.2 Å². The first-order chi connectivity index (χ1) is 17.4. The molecule has 1 atom stereocenters. The molecule has 3 aromatic rings. The third kappa shape index (κ3) is 5.26. The van der Waals surface area contributed by atoms with Crippen molar-refractivity contribution in [1.29, 1.82) is 0 Å². The van der Waals surface area contributed by atoms with E-state index in [9.17, 15) is 14.4 Å². The predicted molar refractivity (Wildman–Crippen MR) is 135 cm³/mol. The lowest BCUT2D eigenvalue weighted by atomic mass is 9.87. The van der Waals surface area contributed by atoms with Gasteiger partial charge in [0.25, 0.3) is 11.8 Å². The van der Waals surface area contributed by atoms with E-state index < -0.39 is 0 Å². The molecule has 0 saturated carbocycles. The summed E-state index contributed by atoms with van der Waals surface area (Å²) in [5, 5.41) is 6.82. The van der Waals surface area contributed by atoms with Gasteiger partial charge in [-0.2, -0.15) is 0 Å². The van der Waals surface area contributed by atoms with E-state index in [1.807, 2.05) is 36.1 Å². The van der Waals surface area contributed by atoms with Crippen LogP contribution < -0.4 is 10.6 Å². The highest BCUT2D eigenvalue weighted by molar-refractivity contribution is 5.98. The molecule has 1 aromatic carbocycles. The van der Waals surface area contributed by atoms with Crippen molar-refractivity contribution in [3.63, 3.8) is 0 Å². The van der Waals surface area contributed by atoms with Crippen molar-refractivity contribution < 1.29 is 19.1 Å². The second-order valence-electron chi connectivity index (χ2n) is 9.70. The average molecular weight is 490 g/mol. The van der Waals surface area contributed by atoms with Gasteiger partial charge in [0, 0.05) is 48.9 Å². The number of H-pyrrole nitrogens is 1. The van der Waals surface area contributed by atoms with Crippen LogP contribution in [0.1, 0.15) is 52.2 Å². The number of piperidine rings is 1. The molecular formula is C27H31N5O4. The van der Waals surface area contributed by atoms with E-state index in [1.54, 1.807) is 24.4 Å².